The minimum atomic E-state index is -4.56. The van der Waals surface area contributed by atoms with Crippen LogP contribution in [0.25, 0.3) is 10.8 Å². The molecular formula is C35H36F3N3O4S. The fourth-order valence-corrected chi connectivity index (χ4v) is 7.48. The highest BCUT2D eigenvalue weighted by Gasteiger charge is 2.32. The van der Waals surface area contributed by atoms with E-state index in [0.717, 1.165) is 48.3 Å². The number of hydrogen-bond acceptors (Lipinski definition) is 5. The maximum Gasteiger partial charge on any atom is 0.416 e. The molecule has 0 saturated carbocycles. The van der Waals surface area contributed by atoms with Gasteiger partial charge in [0.05, 0.1) is 29.1 Å². The molecule has 2 atom stereocenters. The Bertz CT molecular complexity index is 1810. The lowest BCUT2D eigenvalue weighted by molar-refractivity contribution is -0.137. The number of amides is 1. The van der Waals surface area contributed by atoms with Gasteiger partial charge in [-0.2, -0.15) is 13.2 Å². The number of fused-ring (bicyclic) bond motifs is 2. The summed E-state index contributed by atoms with van der Waals surface area (Å²) in [6.07, 6.45) is -0.700. The number of halogens is 3. The quantitative estimate of drug-likeness (QED) is 0.206. The Morgan fingerprint density at radius 2 is 1.65 bits per heavy atom. The third-order valence-corrected chi connectivity index (χ3v) is 10.1. The van der Waals surface area contributed by atoms with Gasteiger partial charge in [-0.15, -0.1) is 0 Å². The van der Waals surface area contributed by atoms with Gasteiger partial charge in [-0.05, 0) is 78.2 Å². The topological polar surface area (TPSA) is 87.7 Å². The van der Waals surface area contributed by atoms with E-state index < -0.39 is 33.7 Å². The predicted molar refractivity (Wildman–Crippen MR) is 170 cm³/mol. The van der Waals surface area contributed by atoms with E-state index in [1.807, 2.05) is 30.3 Å². The van der Waals surface area contributed by atoms with E-state index in [4.69, 9.17) is 4.74 Å². The number of carbonyl (C=O) groups excluding carboxylic acids is 1. The summed E-state index contributed by atoms with van der Waals surface area (Å²) in [7, 11) is -4.16. The molecule has 6 rings (SSSR count). The van der Waals surface area contributed by atoms with Crippen LogP contribution in [-0.4, -0.2) is 38.9 Å². The lowest BCUT2D eigenvalue weighted by Crippen LogP contribution is -2.36. The maximum absolute atomic E-state index is 13.6. The Hall–Kier alpha value is -3.93. The van der Waals surface area contributed by atoms with Crippen molar-refractivity contribution in [3.05, 3.63) is 107 Å². The summed E-state index contributed by atoms with van der Waals surface area (Å²) in [5, 5.41) is 4.59. The van der Waals surface area contributed by atoms with Crippen molar-refractivity contribution in [2.75, 3.05) is 19.7 Å². The Balaban J connectivity index is 1.21. The van der Waals surface area contributed by atoms with E-state index in [-0.39, 0.29) is 22.9 Å². The lowest BCUT2D eigenvalue weighted by Gasteiger charge is -2.29. The molecule has 0 spiro atoms. The highest BCUT2D eigenvalue weighted by molar-refractivity contribution is 7.89. The Morgan fingerprint density at radius 1 is 0.913 bits per heavy atom. The molecule has 7 nitrogen and oxygen atoms in total. The Kier molecular flexibility index (Phi) is 9.35. The molecule has 4 aromatic carbocycles. The second-order valence-electron chi connectivity index (χ2n) is 12.0. The monoisotopic (exact) mass is 651 g/mol. The predicted octanol–water partition coefficient (Wildman–Crippen LogP) is 6.89. The molecule has 0 radical (unpaired) electrons. The second kappa shape index (κ2) is 13.4. The molecular weight excluding hydrogens is 615 g/mol. The first kappa shape index (κ1) is 32.0. The molecule has 1 fully saturated rings. The SMILES string of the molecule is O=C(CC(NS(=O)(=O)c1ccc2ccccc2c1)c1ccc(C(F)(F)F)cc1)NC1CCOc2cc(CN3CCCCC3)ccc21. The molecule has 2 aliphatic rings. The summed E-state index contributed by atoms with van der Waals surface area (Å²) in [4.78, 5) is 15.9. The van der Waals surface area contributed by atoms with Crippen LogP contribution in [0.4, 0.5) is 13.2 Å². The van der Waals surface area contributed by atoms with Crippen LogP contribution in [0.2, 0.25) is 0 Å². The number of rotatable bonds is 9. The molecule has 46 heavy (non-hydrogen) atoms. The van der Waals surface area contributed by atoms with Crippen molar-refractivity contribution >= 4 is 26.7 Å². The molecule has 2 heterocycles. The van der Waals surface area contributed by atoms with E-state index in [1.165, 1.54) is 43.5 Å². The van der Waals surface area contributed by atoms with Crippen molar-refractivity contribution in [1.82, 2.24) is 14.9 Å². The number of likely N-dealkylation sites (tertiary alicyclic amines) is 1. The van der Waals surface area contributed by atoms with Crippen molar-refractivity contribution in [1.29, 1.82) is 0 Å². The van der Waals surface area contributed by atoms with Crippen molar-refractivity contribution < 1.29 is 31.1 Å². The average Bonchev–Trinajstić information content (AvgIpc) is 3.04. The fraction of sp³-hybridized carbons (Fsp3) is 0.343. The average molecular weight is 652 g/mol. The smallest absolute Gasteiger partial charge is 0.416 e. The van der Waals surface area contributed by atoms with Gasteiger partial charge < -0.3 is 10.1 Å². The zero-order valence-electron chi connectivity index (χ0n) is 25.2. The van der Waals surface area contributed by atoms with Crippen molar-refractivity contribution in [3.8, 4) is 5.75 Å². The Labute approximate surface area is 266 Å². The highest BCUT2D eigenvalue weighted by atomic mass is 32.2. The van der Waals surface area contributed by atoms with E-state index in [2.05, 4.69) is 14.9 Å². The van der Waals surface area contributed by atoms with Gasteiger partial charge in [-0.1, -0.05) is 61.0 Å². The standard InChI is InChI=1S/C35H36F3N3O4S/c36-35(37,38)28-12-9-26(10-13-28)32(40-46(43,44)29-14-11-25-6-2-3-7-27(25)21-29)22-34(42)39-31-16-19-45-33-20-24(8-15-30(31)33)23-41-17-4-1-5-18-41/h2-3,6-15,20-21,31-32,40H,1,4-5,16-19,22-23H2,(H,39,42). The summed E-state index contributed by atoms with van der Waals surface area (Å²) in [5.41, 5.74) is 1.35. The van der Waals surface area contributed by atoms with E-state index >= 15 is 0 Å². The number of piperidine rings is 1. The minimum absolute atomic E-state index is 0.0118. The summed E-state index contributed by atoms with van der Waals surface area (Å²) in [6, 6.07) is 20.7. The van der Waals surface area contributed by atoms with Crippen LogP contribution in [0.3, 0.4) is 0 Å². The van der Waals surface area contributed by atoms with Gasteiger partial charge in [-0.3, -0.25) is 9.69 Å². The summed E-state index contributed by atoms with van der Waals surface area (Å²) in [6.45, 7) is 3.38. The van der Waals surface area contributed by atoms with E-state index in [0.29, 0.717) is 24.2 Å². The largest absolute Gasteiger partial charge is 0.493 e. The lowest BCUT2D eigenvalue weighted by atomic mass is 9.97. The van der Waals surface area contributed by atoms with Crippen LogP contribution < -0.4 is 14.8 Å². The van der Waals surface area contributed by atoms with Crippen molar-refractivity contribution in [3.63, 3.8) is 0 Å². The Morgan fingerprint density at radius 3 is 2.39 bits per heavy atom. The zero-order valence-corrected chi connectivity index (χ0v) is 26.0. The molecule has 0 aliphatic carbocycles. The molecule has 242 valence electrons. The number of hydrogen-bond donors (Lipinski definition) is 2. The van der Waals surface area contributed by atoms with E-state index in [9.17, 15) is 26.4 Å². The van der Waals surface area contributed by atoms with Crippen molar-refractivity contribution in [2.24, 2.45) is 0 Å². The van der Waals surface area contributed by atoms with Gasteiger partial charge >= 0.3 is 6.18 Å². The molecule has 11 heteroatoms. The van der Waals surface area contributed by atoms with Gasteiger partial charge in [0, 0.05) is 24.9 Å². The molecule has 2 aliphatic heterocycles. The second-order valence-corrected chi connectivity index (χ2v) is 13.7. The first-order chi connectivity index (χ1) is 22.0. The molecule has 4 aromatic rings. The molecule has 1 saturated heterocycles. The van der Waals surface area contributed by atoms with Gasteiger partial charge in [-0.25, -0.2) is 13.1 Å². The fourth-order valence-electron chi connectivity index (χ4n) is 6.22. The highest BCUT2D eigenvalue weighted by Crippen LogP contribution is 2.35. The van der Waals surface area contributed by atoms with Gasteiger partial charge in [0.2, 0.25) is 15.9 Å². The number of alkyl halides is 3. The number of sulfonamides is 1. The van der Waals surface area contributed by atoms with E-state index in [1.54, 1.807) is 18.2 Å². The summed E-state index contributed by atoms with van der Waals surface area (Å²) >= 11 is 0. The first-order valence-electron chi connectivity index (χ1n) is 15.5. The molecule has 2 N–H and O–H groups in total. The number of nitrogens with one attached hydrogen (secondary N) is 2. The summed E-state index contributed by atoms with van der Waals surface area (Å²) in [5.74, 6) is 0.267. The molecule has 0 aromatic heterocycles. The van der Waals surface area contributed by atoms with Crippen molar-refractivity contribution in [2.45, 2.75) is 61.8 Å². The van der Waals surface area contributed by atoms with Crippen LogP contribution in [0.1, 0.15) is 66.4 Å². The maximum atomic E-state index is 13.6. The third kappa shape index (κ3) is 7.54. The van der Waals surface area contributed by atoms with Gasteiger partial charge in [0.1, 0.15) is 5.75 Å². The van der Waals surface area contributed by atoms with Crippen LogP contribution in [0.5, 0.6) is 5.75 Å². The number of nitrogens with zero attached hydrogens (tertiary/aromatic N) is 1. The van der Waals surface area contributed by atoms with Gasteiger partial charge in [0.15, 0.2) is 0 Å². The molecule has 1 amide bonds. The summed E-state index contributed by atoms with van der Waals surface area (Å²) < 4.78 is 75.5. The third-order valence-electron chi connectivity index (χ3n) is 8.67. The zero-order chi connectivity index (χ0) is 32.3. The first-order valence-corrected chi connectivity index (χ1v) is 17.0. The van der Waals surface area contributed by atoms with Gasteiger partial charge in [0.25, 0.3) is 0 Å². The molecule has 2 unspecified atom stereocenters. The number of carbonyl (C=O) groups is 1. The van der Waals surface area contributed by atoms with Crippen LogP contribution in [0.15, 0.2) is 89.8 Å². The number of ether oxygens (including phenoxy) is 1. The normalized spacial score (nSPS) is 18.0. The van der Waals surface area contributed by atoms with Crippen LogP contribution >= 0.6 is 0 Å². The molecule has 0 bridgehead atoms. The van der Waals surface area contributed by atoms with Crippen LogP contribution in [-0.2, 0) is 27.5 Å². The minimum Gasteiger partial charge on any atom is -0.493 e. The van der Waals surface area contributed by atoms with Crippen LogP contribution in [0, 0.1) is 0 Å². The number of benzene rings is 4.